The van der Waals surface area contributed by atoms with Gasteiger partial charge in [-0.25, -0.2) is 9.59 Å². The van der Waals surface area contributed by atoms with Crippen molar-refractivity contribution in [1.29, 1.82) is 0 Å². The van der Waals surface area contributed by atoms with E-state index in [0.29, 0.717) is 12.7 Å². The van der Waals surface area contributed by atoms with Gasteiger partial charge in [0.1, 0.15) is 5.75 Å². The van der Waals surface area contributed by atoms with Crippen LogP contribution >= 0.6 is 19.6 Å². The van der Waals surface area contributed by atoms with Crippen molar-refractivity contribution in [2.45, 2.75) is 13.5 Å². The lowest BCUT2D eigenvalue weighted by atomic mass is 10.2. The smallest absolute Gasteiger partial charge is 0.338 e. The molecule has 0 aromatic heterocycles. The summed E-state index contributed by atoms with van der Waals surface area (Å²) >= 11 is 8.94. The van der Waals surface area contributed by atoms with Crippen molar-refractivity contribution in [1.82, 2.24) is 0 Å². The highest BCUT2D eigenvalue weighted by Crippen LogP contribution is 2.21. The SMILES string of the molecule is CCOc1ccc(CO)cc1.COC(=O)c1ccc(F)c([N+](=O)[O-])c1.O=C(Cl)c1ccc(F)c([N+](=O)[O-])c1.O=C(O)c1ccc(F)c([N+](=O)[O-])c1.P=S. The number of methoxy groups -OCH3 is 1. The van der Waals surface area contributed by atoms with Crippen molar-refractivity contribution in [2.24, 2.45) is 0 Å². The van der Waals surface area contributed by atoms with Gasteiger partial charge < -0.3 is 19.7 Å². The summed E-state index contributed by atoms with van der Waals surface area (Å²) in [6, 6.07) is 15.3. The third-order valence-corrected chi connectivity index (χ3v) is 5.96. The Kier molecular flexibility index (Phi) is 21.5. The van der Waals surface area contributed by atoms with Crippen molar-refractivity contribution >= 4 is 65.7 Å². The van der Waals surface area contributed by atoms with E-state index in [2.05, 4.69) is 24.6 Å². The van der Waals surface area contributed by atoms with E-state index in [0.717, 1.165) is 67.0 Å². The maximum absolute atomic E-state index is 12.8. The summed E-state index contributed by atoms with van der Waals surface area (Å²) in [4.78, 5) is 59.7. The van der Waals surface area contributed by atoms with Gasteiger partial charge in [0.25, 0.3) is 5.24 Å². The minimum Gasteiger partial charge on any atom is -0.494 e. The normalized spacial score (nSPS) is 9.34. The number of nitro benzene ring substituents is 3. The topological polar surface area (TPSA) is 240 Å². The monoisotopic (exact) mass is 803 g/mol. The summed E-state index contributed by atoms with van der Waals surface area (Å²) in [5.41, 5.74) is -1.89. The van der Waals surface area contributed by atoms with Crippen LogP contribution in [-0.2, 0) is 23.2 Å². The number of ether oxygens (including phenoxy) is 2. The lowest BCUT2D eigenvalue weighted by Crippen LogP contribution is -2.03. The molecule has 282 valence electrons. The lowest BCUT2D eigenvalue weighted by Gasteiger charge is -2.02. The van der Waals surface area contributed by atoms with Crippen molar-refractivity contribution in [3.05, 3.63) is 149 Å². The molecule has 0 aliphatic rings. The van der Waals surface area contributed by atoms with Gasteiger partial charge in [0.15, 0.2) is 0 Å². The third kappa shape index (κ3) is 16.3. The molecule has 0 bridgehead atoms. The number of aliphatic hydroxyl groups is 1. The number of aliphatic hydroxyl groups excluding tert-OH is 1. The first-order valence-electron chi connectivity index (χ1n) is 13.8. The first-order chi connectivity index (χ1) is 25.0. The number of hydrogen-bond acceptors (Lipinski definition) is 13. The molecule has 4 aromatic rings. The highest BCUT2D eigenvalue weighted by Gasteiger charge is 2.18. The van der Waals surface area contributed by atoms with E-state index in [1.807, 2.05) is 31.2 Å². The maximum Gasteiger partial charge on any atom is 0.338 e. The lowest BCUT2D eigenvalue weighted by molar-refractivity contribution is -0.387. The van der Waals surface area contributed by atoms with Gasteiger partial charge in [-0.1, -0.05) is 23.9 Å². The van der Waals surface area contributed by atoms with Gasteiger partial charge in [-0.15, -0.1) is 0 Å². The van der Waals surface area contributed by atoms with E-state index < -0.39 is 66.5 Å². The number of aromatic carboxylic acids is 1. The molecular formula is C31H26ClF3N3O13PS. The molecule has 0 radical (unpaired) electrons. The van der Waals surface area contributed by atoms with Crippen LogP contribution < -0.4 is 4.74 Å². The van der Waals surface area contributed by atoms with Crippen LogP contribution in [0.4, 0.5) is 30.2 Å². The molecule has 0 heterocycles. The summed E-state index contributed by atoms with van der Waals surface area (Å²) in [5.74, 6) is -4.25. The van der Waals surface area contributed by atoms with E-state index in [9.17, 15) is 57.9 Å². The Labute approximate surface area is 309 Å². The fourth-order valence-corrected chi connectivity index (χ4v) is 3.43. The predicted molar refractivity (Wildman–Crippen MR) is 187 cm³/mol. The third-order valence-electron chi connectivity index (χ3n) is 5.74. The number of carboxylic acids is 1. The molecule has 0 unspecified atom stereocenters. The van der Waals surface area contributed by atoms with Crippen LogP contribution in [0.15, 0.2) is 78.9 Å². The summed E-state index contributed by atoms with van der Waals surface area (Å²) in [6.45, 7) is 2.71. The number of halogens is 4. The van der Waals surface area contributed by atoms with Crippen LogP contribution in [0, 0.1) is 47.8 Å². The van der Waals surface area contributed by atoms with Crippen molar-refractivity contribution in [3.8, 4) is 5.75 Å². The Balaban J connectivity index is 0.000000671. The fourth-order valence-electron chi connectivity index (χ4n) is 3.32. The van der Waals surface area contributed by atoms with Crippen LogP contribution in [0.2, 0.25) is 0 Å². The van der Waals surface area contributed by atoms with Gasteiger partial charge in [-0.2, -0.15) is 13.2 Å². The molecule has 4 aromatic carbocycles. The minimum atomic E-state index is -1.33. The summed E-state index contributed by atoms with van der Waals surface area (Å²) in [5, 5.41) is 47.0. The summed E-state index contributed by atoms with van der Waals surface area (Å²) in [7, 11) is 3.69. The van der Waals surface area contributed by atoms with Gasteiger partial charge in [-0.3, -0.25) is 35.1 Å². The van der Waals surface area contributed by atoms with E-state index in [-0.39, 0.29) is 23.3 Å². The average Bonchev–Trinajstić information content (AvgIpc) is 3.13. The molecule has 0 aliphatic heterocycles. The van der Waals surface area contributed by atoms with Crippen molar-refractivity contribution in [2.75, 3.05) is 13.7 Å². The Hall–Kier alpha value is -5.95. The first-order valence-corrected chi connectivity index (χ1v) is 15.8. The second-order valence-corrected chi connectivity index (χ2v) is 9.42. The van der Waals surface area contributed by atoms with E-state index >= 15 is 0 Å². The Morgan fingerprint density at radius 1 is 0.736 bits per heavy atom. The Morgan fingerprint density at radius 2 is 1.11 bits per heavy atom. The van der Waals surface area contributed by atoms with Gasteiger partial charge in [0, 0.05) is 23.8 Å². The quantitative estimate of drug-likeness (QED) is 0.0558. The second-order valence-electron chi connectivity index (χ2n) is 9.08. The number of esters is 1. The van der Waals surface area contributed by atoms with Crippen molar-refractivity contribution < 1.29 is 62.0 Å². The van der Waals surface area contributed by atoms with Gasteiger partial charge in [0.05, 0.1) is 46.2 Å². The zero-order valence-corrected chi connectivity index (χ0v) is 29.6. The molecule has 0 aliphatic carbocycles. The Morgan fingerprint density at radius 3 is 1.45 bits per heavy atom. The molecule has 53 heavy (non-hydrogen) atoms. The zero-order valence-electron chi connectivity index (χ0n) is 27.1. The standard InChI is InChI=1S/C9H12O2.C8H6FNO4.C7H3ClFNO3.C7H4FNO4.HPS/c1-2-11-9-5-3-8(7-10)4-6-9;1-14-8(11)5-2-3-6(9)7(4-5)10(12)13;8-7(11)4-1-2-5(9)6(3-4)10(12)13;8-5-2-1-4(7(10)11)3-6(5)9(12)13;1-2/h3-6,10H,2,7H2,1H3;2-4H,1H3;1-3H;1-3H,(H,10,11);1H. The van der Waals surface area contributed by atoms with Gasteiger partial charge >= 0.3 is 29.0 Å². The molecule has 0 fully saturated rings. The molecule has 2 N–H and O–H groups in total. The van der Waals surface area contributed by atoms with Gasteiger partial charge in [0.2, 0.25) is 17.5 Å². The fraction of sp³-hybridized carbons (Fsp3) is 0.129. The average molecular weight is 804 g/mol. The number of carbonyl (C=O) groups excluding carboxylic acids is 2. The largest absolute Gasteiger partial charge is 0.494 e. The molecule has 0 saturated heterocycles. The number of nitro groups is 3. The number of carboxylic acid groups (broad SMARTS) is 1. The number of rotatable bonds is 9. The number of benzene rings is 4. The second kappa shape index (κ2) is 24.3. The van der Waals surface area contributed by atoms with E-state index in [4.69, 9.17) is 26.6 Å². The van der Waals surface area contributed by atoms with Crippen LogP contribution in [0.5, 0.6) is 5.75 Å². The number of carbonyl (C=O) groups is 3. The molecule has 0 saturated carbocycles. The molecule has 4 rings (SSSR count). The molecule has 0 spiro atoms. The van der Waals surface area contributed by atoms with E-state index in [1.165, 1.54) is 0 Å². The highest BCUT2D eigenvalue weighted by atomic mass is 35.5. The van der Waals surface area contributed by atoms with E-state index in [1.54, 1.807) is 0 Å². The first kappa shape index (κ1) is 47.0. The molecule has 0 atom stereocenters. The van der Waals surface area contributed by atoms with Crippen LogP contribution in [0.3, 0.4) is 0 Å². The number of hydrogen-bond donors (Lipinski definition) is 2. The van der Waals surface area contributed by atoms with Crippen LogP contribution in [-0.4, -0.2) is 55.9 Å². The van der Waals surface area contributed by atoms with Gasteiger partial charge in [-0.05, 0) is 80.6 Å². The maximum atomic E-state index is 12.8. The highest BCUT2D eigenvalue weighted by molar-refractivity contribution is 7.88. The van der Waals surface area contributed by atoms with Crippen molar-refractivity contribution in [3.63, 3.8) is 0 Å². The molecule has 16 nitrogen and oxygen atoms in total. The van der Waals surface area contributed by atoms with Crippen LogP contribution in [0.1, 0.15) is 43.6 Å². The van der Waals surface area contributed by atoms with Crippen LogP contribution in [0.25, 0.3) is 0 Å². The molecule has 0 amide bonds. The Bertz CT molecular complexity index is 1850. The molecular weight excluding hydrogens is 778 g/mol. The predicted octanol–water partition coefficient (Wildman–Crippen LogP) is 7.23. The summed E-state index contributed by atoms with van der Waals surface area (Å²) < 4.78 is 47.7. The minimum absolute atomic E-state index is 0.0550. The number of nitrogens with zero attached hydrogens (tertiary/aromatic N) is 3. The zero-order chi connectivity index (χ0) is 40.8. The molecule has 22 heteroatoms. The summed E-state index contributed by atoms with van der Waals surface area (Å²) in [6.07, 6.45) is 0.